The third-order valence-electron chi connectivity index (χ3n) is 6.73. The fraction of sp³-hybridized carbons (Fsp3) is 0.520. The molecule has 0 radical (unpaired) electrons. The van der Waals surface area contributed by atoms with Crippen LogP contribution in [0.15, 0.2) is 18.5 Å². The Balaban J connectivity index is 1.34. The molecule has 1 saturated carbocycles. The maximum absolute atomic E-state index is 13.0. The van der Waals surface area contributed by atoms with Crippen LogP contribution in [-0.4, -0.2) is 64.6 Å². The molecule has 1 N–H and O–H groups in total. The number of thiazole rings is 2. The summed E-state index contributed by atoms with van der Waals surface area (Å²) in [6.45, 7) is 8.33. The number of ether oxygens (including phenoxy) is 1. The van der Waals surface area contributed by atoms with E-state index in [0.717, 1.165) is 52.8 Å². The number of anilines is 2. The lowest BCUT2D eigenvalue weighted by atomic mass is 9.94. The number of pyridine rings is 1. The topological polar surface area (TPSA) is 83.5 Å². The van der Waals surface area contributed by atoms with Gasteiger partial charge in [-0.1, -0.05) is 42.2 Å². The predicted molar refractivity (Wildman–Crippen MR) is 147 cm³/mol. The zero-order valence-electron chi connectivity index (χ0n) is 20.6. The van der Waals surface area contributed by atoms with Crippen molar-refractivity contribution in [2.24, 2.45) is 0 Å². The van der Waals surface area contributed by atoms with Gasteiger partial charge < -0.3 is 9.64 Å². The van der Waals surface area contributed by atoms with Crippen LogP contribution < -0.4 is 15.0 Å². The van der Waals surface area contributed by atoms with E-state index in [1.54, 1.807) is 17.4 Å². The lowest BCUT2D eigenvalue weighted by Crippen LogP contribution is -2.50. The smallest absolute Gasteiger partial charge is 0.259 e. The number of halogens is 1. The van der Waals surface area contributed by atoms with Gasteiger partial charge in [-0.25, -0.2) is 15.0 Å². The van der Waals surface area contributed by atoms with Gasteiger partial charge in [-0.3, -0.25) is 15.0 Å². The van der Waals surface area contributed by atoms with E-state index >= 15 is 0 Å². The van der Waals surface area contributed by atoms with Crippen molar-refractivity contribution in [3.63, 3.8) is 0 Å². The first-order chi connectivity index (χ1) is 17.5. The Morgan fingerprint density at radius 3 is 2.58 bits per heavy atom. The minimum atomic E-state index is -0.304. The normalized spacial score (nSPS) is 17.4. The van der Waals surface area contributed by atoms with Crippen LogP contribution in [0.2, 0.25) is 5.02 Å². The zero-order valence-corrected chi connectivity index (χ0v) is 23.0. The van der Waals surface area contributed by atoms with E-state index in [4.69, 9.17) is 21.3 Å². The van der Waals surface area contributed by atoms with Gasteiger partial charge in [0.25, 0.3) is 5.91 Å². The van der Waals surface area contributed by atoms with Gasteiger partial charge in [0.1, 0.15) is 15.7 Å². The molecule has 36 heavy (non-hydrogen) atoms. The van der Waals surface area contributed by atoms with Gasteiger partial charge in [0.2, 0.25) is 5.88 Å². The standard InChI is InChI=1S/C25H31ClN6O2S2/c1-3-34-23-19(26)13-17(14-28-23)22(33)30-25-29-21(20-15-27-16(2)35-20)24(36-25)32-11-9-31(10-12-32)18-7-5-4-6-8-18/h13-15,18H,3-12H2,1-2H3,(H,29,30,33). The number of carbonyl (C=O) groups is 1. The average Bonchev–Trinajstić information content (AvgIpc) is 3.52. The molecule has 11 heteroatoms. The van der Waals surface area contributed by atoms with Crippen LogP contribution in [-0.2, 0) is 0 Å². The minimum absolute atomic E-state index is 0.304. The highest BCUT2D eigenvalue weighted by molar-refractivity contribution is 7.21. The Bertz CT molecular complexity index is 1200. The number of aryl methyl sites for hydroxylation is 1. The predicted octanol–water partition coefficient (Wildman–Crippen LogP) is 5.73. The molecular formula is C25H31ClN6O2S2. The summed E-state index contributed by atoms with van der Waals surface area (Å²) in [4.78, 5) is 32.5. The third kappa shape index (κ3) is 5.66. The summed E-state index contributed by atoms with van der Waals surface area (Å²) in [5.74, 6) is 0.0179. The summed E-state index contributed by atoms with van der Waals surface area (Å²) in [7, 11) is 0. The van der Waals surface area contributed by atoms with Crippen LogP contribution >= 0.6 is 34.3 Å². The van der Waals surface area contributed by atoms with Gasteiger partial charge in [-0.05, 0) is 32.8 Å². The van der Waals surface area contributed by atoms with Crippen LogP contribution in [0.4, 0.5) is 10.1 Å². The lowest BCUT2D eigenvalue weighted by Gasteiger charge is -2.41. The van der Waals surface area contributed by atoms with E-state index in [9.17, 15) is 4.79 Å². The van der Waals surface area contributed by atoms with E-state index in [1.165, 1.54) is 49.6 Å². The molecule has 192 valence electrons. The number of piperazine rings is 1. The molecule has 2 fully saturated rings. The monoisotopic (exact) mass is 546 g/mol. The second-order valence-electron chi connectivity index (χ2n) is 9.13. The van der Waals surface area contributed by atoms with Crippen LogP contribution in [0, 0.1) is 6.92 Å². The molecule has 0 spiro atoms. The quantitative estimate of drug-likeness (QED) is 0.405. The van der Waals surface area contributed by atoms with Crippen LogP contribution in [0.25, 0.3) is 10.6 Å². The highest BCUT2D eigenvalue weighted by atomic mass is 35.5. The number of rotatable bonds is 7. The second-order valence-corrected chi connectivity index (χ2v) is 11.7. The summed E-state index contributed by atoms with van der Waals surface area (Å²) < 4.78 is 5.37. The first-order valence-electron chi connectivity index (χ1n) is 12.5. The van der Waals surface area contributed by atoms with Crippen LogP contribution in [0.1, 0.15) is 54.4 Å². The Hall–Kier alpha value is -2.27. The molecule has 1 amide bonds. The molecular weight excluding hydrogens is 516 g/mol. The molecule has 3 aromatic rings. The van der Waals surface area contributed by atoms with Crippen molar-refractivity contribution in [1.29, 1.82) is 0 Å². The average molecular weight is 547 g/mol. The molecule has 0 bridgehead atoms. The van der Waals surface area contributed by atoms with Crippen molar-refractivity contribution in [2.45, 2.75) is 52.0 Å². The number of hydrogen-bond acceptors (Lipinski definition) is 9. The summed E-state index contributed by atoms with van der Waals surface area (Å²) in [6, 6.07) is 2.30. The van der Waals surface area contributed by atoms with Crippen molar-refractivity contribution in [3.05, 3.63) is 34.1 Å². The fourth-order valence-corrected chi connectivity index (χ4v) is 6.99. The number of aromatic nitrogens is 3. The van der Waals surface area contributed by atoms with Crippen molar-refractivity contribution in [2.75, 3.05) is 43.0 Å². The van der Waals surface area contributed by atoms with Crippen molar-refractivity contribution < 1.29 is 9.53 Å². The fourth-order valence-electron chi connectivity index (χ4n) is 4.91. The van der Waals surface area contributed by atoms with Crippen LogP contribution in [0.3, 0.4) is 0 Å². The van der Waals surface area contributed by atoms with E-state index in [1.807, 2.05) is 20.0 Å². The maximum atomic E-state index is 13.0. The van der Waals surface area contributed by atoms with Gasteiger partial charge in [0, 0.05) is 44.6 Å². The van der Waals surface area contributed by atoms with Gasteiger partial charge in [0.05, 0.1) is 22.1 Å². The Morgan fingerprint density at radius 2 is 1.92 bits per heavy atom. The molecule has 1 saturated heterocycles. The number of hydrogen-bond donors (Lipinski definition) is 1. The summed E-state index contributed by atoms with van der Waals surface area (Å²) >= 11 is 9.37. The summed E-state index contributed by atoms with van der Waals surface area (Å²) in [5, 5.41) is 5.88. The molecule has 5 rings (SSSR count). The van der Waals surface area contributed by atoms with Gasteiger partial charge in [0.15, 0.2) is 5.13 Å². The Morgan fingerprint density at radius 1 is 1.14 bits per heavy atom. The first kappa shape index (κ1) is 25.4. The van der Waals surface area contributed by atoms with Crippen LogP contribution in [0.5, 0.6) is 5.88 Å². The van der Waals surface area contributed by atoms with Gasteiger partial charge in [-0.2, -0.15) is 0 Å². The molecule has 2 aliphatic rings. The maximum Gasteiger partial charge on any atom is 0.259 e. The Kier molecular flexibility index (Phi) is 8.05. The number of nitrogens with one attached hydrogen (secondary N) is 1. The molecule has 4 heterocycles. The largest absolute Gasteiger partial charge is 0.477 e. The third-order valence-corrected chi connectivity index (χ3v) is 8.95. The molecule has 0 unspecified atom stereocenters. The molecule has 0 aromatic carbocycles. The lowest BCUT2D eigenvalue weighted by molar-refractivity contribution is 0.102. The van der Waals surface area contributed by atoms with Crippen molar-refractivity contribution in [3.8, 4) is 16.5 Å². The molecule has 1 aliphatic heterocycles. The van der Waals surface area contributed by atoms with Crippen molar-refractivity contribution in [1.82, 2.24) is 19.9 Å². The molecule has 1 aliphatic carbocycles. The minimum Gasteiger partial charge on any atom is -0.477 e. The second kappa shape index (κ2) is 11.4. The number of nitrogens with zero attached hydrogens (tertiary/aromatic N) is 5. The van der Waals surface area contributed by atoms with E-state index in [-0.39, 0.29) is 5.91 Å². The highest BCUT2D eigenvalue weighted by Crippen LogP contribution is 2.41. The summed E-state index contributed by atoms with van der Waals surface area (Å²) in [6.07, 6.45) is 10.1. The van der Waals surface area contributed by atoms with Gasteiger partial charge in [-0.15, -0.1) is 11.3 Å². The highest BCUT2D eigenvalue weighted by Gasteiger charge is 2.28. The van der Waals surface area contributed by atoms with Gasteiger partial charge >= 0.3 is 0 Å². The molecule has 8 nitrogen and oxygen atoms in total. The van der Waals surface area contributed by atoms with Crippen molar-refractivity contribution >= 4 is 50.3 Å². The number of amides is 1. The molecule has 3 aromatic heterocycles. The van der Waals surface area contributed by atoms with E-state index in [0.29, 0.717) is 28.2 Å². The number of carbonyl (C=O) groups excluding carboxylic acids is 1. The molecule has 0 atom stereocenters. The summed E-state index contributed by atoms with van der Waals surface area (Å²) in [5.41, 5.74) is 1.24. The Labute approximate surface area is 224 Å². The van der Waals surface area contributed by atoms with E-state index < -0.39 is 0 Å². The first-order valence-corrected chi connectivity index (χ1v) is 14.5. The van der Waals surface area contributed by atoms with E-state index in [2.05, 4.69) is 25.1 Å². The zero-order chi connectivity index (χ0) is 25.1. The SMILES string of the molecule is CCOc1ncc(C(=O)Nc2nc(-c3cnc(C)s3)c(N3CCN(C4CCCCC4)CC3)s2)cc1Cl.